The van der Waals surface area contributed by atoms with Gasteiger partial charge in [-0.2, -0.15) is 0 Å². The van der Waals surface area contributed by atoms with Crippen LogP contribution >= 0.6 is 11.6 Å². The number of aryl methyl sites for hydroxylation is 1. The van der Waals surface area contributed by atoms with Crippen LogP contribution in [0.15, 0.2) is 10.6 Å². The topological polar surface area (TPSA) is 26.0 Å². The number of benzene rings is 1. The lowest BCUT2D eigenvalue weighted by Crippen LogP contribution is -2.03. The van der Waals surface area contributed by atoms with Crippen molar-refractivity contribution in [2.75, 3.05) is 5.88 Å². The molecule has 0 aliphatic rings. The van der Waals surface area contributed by atoms with Gasteiger partial charge in [-0.15, -0.1) is 11.6 Å². The third-order valence-corrected chi connectivity index (χ3v) is 2.51. The first-order chi connectivity index (χ1) is 8.97. The van der Waals surface area contributed by atoms with Gasteiger partial charge in [0.15, 0.2) is 34.9 Å². The van der Waals surface area contributed by atoms with E-state index in [1.54, 1.807) is 0 Å². The maximum Gasteiger partial charge on any atom is 0.200 e. The molecule has 0 saturated carbocycles. The number of aromatic nitrogens is 1. The Hall–Kier alpha value is -1.63. The van der Waals surface area contributed by atoms with E-state index in [9.17, 15) is 22.0 Å². The second-order valence-electron chi connectivity index (χ2n) is 3.50. The van der Waals surface area contributed by atoms with Crippen molar-refractivity contribution >= 4 is 11.6 Å². The van der Waals surface area contributed by atoms with E-state index in [4.69, 9.17) is 16.0 Å². The molecule has 2 aromatic rings. The van der Waals surface area contributed by atoms with Crippen LogP contribution in [0.3, 0.4) is 0 Å². The van der Waals surface area contributed by atoms with Gasteiger partial charge in [0.05, 0.1) is 11.8 Å². The Morgan fingerprint density at radius 3 is 2.00 bits per heavy atom. The zero-order chi connectivity index (χ0) is 14.2. The Kier molecular flexibility index (Phi) is 3.75. The first-order valence-electron chi connectivity index (χ1n) is 4.99. The first-order valence-corrected chi connectivity index (χ1v) is 5.53. The third-order valence-electron chi connectivity index (χ3n) is 2.32. The fourth-order valence-electron chi connectivity index (χ4n) is 1.44. The molecule has 1 heterocycles. The highest BCUT2D eigenvalue weighted by Crippen LogP contribution is 2.31. The van der Waals surface area contributed by atoms with Gasteiger partial charge in [0.1, 0.15) is 0 Å². The SMILES string of the molecule is Fc1c(F)c(F)c(-c2cnc(CCCl)o2)c(F)c1F. The van der Waals surface area contributed by atoms with Crippen molar-refractivity contribution in [2.45, 2.75) is 6.42 Å². The molecule has 1 aromatic carbocycles. The Bertz CT molecular complexity index is 599. The molecular formula is C11H5ClF5NO. The molecule has 0 aliphatic heterocycles. The summed E-state index contributed by atoms with van der Waals surface area (Å²) in [6.45, 7) is 0. The number of alkyl halides is 1. The van der Waals surface area contributed by atoms with E-state index in [2.05, 4.69) is 4.98 Å². The molecule has 0 saturated heterocycles. The van der Waals surface area contributed by atoms with Gasteiger partial charge < -0.3 is 4.42 Å². The molecule has 0 aliphatic carbocycles. The van der Waals surface area contributed by atoms with Crippen LogP contribution in [-0.2, 0) is 6.42 Å². The number of hydrogen-bond acceptors (Lipinski definition) is 2. The van der Waals surface area contributed by atoms with Crippen LogP contribution in [-0.4, -0.2) is 10.9 Å². The summed E-state index contributed by atoms with van der Waals surface area (Å²) >= 11 is 5.41. The molecule has 0 radical (unpaired) electrons. The normalized spacial score (nSPS) is 11.1. The van der Waals surface area contributed by atoms with Crippen LogP contribution in [0.25, 0.3) is 11.3 Å². The van der Waals surface area contributed by atoms with E-state index in [0.717, 1.165) is 6.20 Å². The monoisotopic (exact) mass is 297 g/mol. The van der Waals surface area contributed by atoms with Crippen molar-refractivity contribution in [3.05, 3.63) is 41.2 Å². The molecule has 0 fully saturated rings. The Morgan fingerprint density at radius 2 is 1.47 bits per heavy atom. The van der Waals surface area contributed by atoms with Crippen molar-refractivity contribution in [2.24, 2.45) is 0 Å². The van der Waals surface area contributed by atoms with Gasteiger partial charge in [-0.05, 0) is 0 Å². The molecule has 8 heteroatoms. The van der Waals surface area contributed by atoms with Crippen LogP contribution in [0, 0.1) is 29.1 Å². The fourth-order valence-corrected chi connectivity index (χ4v) is 1.61. The van der Waals surface area contributed by atoms with Crippen LogP contribution in [0.4, 0.5) is 22.0 Å². The second kappa shape index (κ2) is 5.16. The summed E-state index contributed by atoms with van der Waals surface area (Å²) in [5.74, 6) is -10.6. The Labute approximate surface area is 108 Å². The number of oxazole rings is 1. The summed E-state index contributed by atoms with van der Waals surface area (Å²) in [5, 5.41) is 0. The van der Waals surface area contributed by atoms with Crippen molar-refractivity contribution in [3.63, 3.8) is 0 Å². The average Bonchev–Trinajstić information content (AvgIpc) is 2.83. The Morgan fingerprint density at radius 1 is 0.947 bits per heavy atom. The molecule has 0 unspecified atom stereocenters. The summed E-state index contributed by atoms with van der Waals surface area (Å²) in [6, 6.07) is 0. The number of hydrogen-bond donors (Lipinski definition) is 0. The smallest absolute Gasteiger partial charge is 0.200 e. The van der Waals surface area contributed by atoms with E-state index in [0.29, 0.717) is 0 Å². The highest BCUT2D eigenvalue weighted by molar-refractivity contribution is 6.17. The summed E-state index contributed by atoms with van der Waals surface area (Å²) in [6.07, 6.45) is 1.04. The van der Waals surface area contributed by atoms with E-state index in [-0.39, 0.29) is 18.2 Å². The van der Waals surface area contributed by atoms with Gasteiger partial charge >= 0.3 is 0 Å². The highest BCUT2D eigenvalue weighted by atomic mass is 35.5. The lowest BCUT2D eigenvalue weighted by molar-refractivity contribution is 0.378. The van der Waals surface area contributed by atoms with Crippen LogP contribution < -0.4 is 0 Å². The maximum absolute atomic E-state index is 13.4. The highest BCUT2D eigenvalue weighted by Gasteiger charge is 2.28. The quantitative estimate of drug-likeness (QED) is 0.372. The van der Waals surface area contributed by atoms with Gasteiger partial charge in [-0.3, -0.25) is 0 Å². The maximum atomic E-state index is 13.4. The zero-order valence-corrected chi connectivity index (χ0v) is 9.87. The molecule has 0 spiro atoms. The lowest BCUT2D eigenvalue weighted by Gasteiger charge is -2.05. The van der Waals surface area contributed by atoms with Gasteiger partial charge in [0.25, 0.3) is 0 Å². The number of halogens is 6. The van der Waals surface area contributed by atoms with Gasteiger partial charge in [0.2, 0.25) is 5.82 Å². The molecule has 2 rings (SSSR count). The molecule has 0 bridgehead atoms. The summed E-state index contributed by atoms with van der Waals surface area (Å²) in [7, 11) is 0. The Balaban J connectivity index is 2.61. The van der Waals surface area contributed by atoms with Crippen molar-refractivity contribution < 1.29 is 26.4 Å². The van der Waals surface area contributed by atoms with Gasteiger partial charge in [0, 0.05) is 12.3 Å². The lowest BCUT2D eigenvalue weighted by atomic mass is 10.1. The molecule has 19 heavy (non-hydrogen) atoms. The summed E-state index contributed by atoms with van der Waals surface area (Å²) in [5.41, 5.74) is -1.15. The van der Waals surface area contributed by atoms with Crippen molar-refractivity contribution in [3.8, 4) is 11.3 Å². The van der Waals surface area contributed by atoms with Crippen LogP contribution in [0.1, 0.15) is 5.89 Å². The predicted molar refractivity (Wildman–Crippen MR) is 56.2 cm³/mol. The summed E-state index contributed by atoms with van der Waals surface area (Å²) in [4.78, 5) is 3.62. The molecule has 0 N–H and O–H groups in total. The van der Waals surface area contributed by atoms with E-state index in [1.807, 2.05) is 0 Å². The fraction of sp³-hybridized carbons (Fsp3) is 0.182. The van der Waals surface area contributed by atoms with E-state index < -0.39 is 40.4 Å². The zero-order valence-electron chi connectivity index (χ0n) is 9.11. The van der Waals surface area contributed by atoms with Crippen LogP contribution in [0.5, 0.6) is 0 Å². The first kappa shape index (κ1) is 13.8. The van der Waals surface area contributed by atoms with Crippen LogP contribution in [0.2, 0.25) is 0 Å². The van der Waals surface area contributed by atoms with E-state index in [1.165, 1.54) is 0 Å². The van der Waals surface area contributed by atoms with Gasteiger partial charge in [-0.1, -0.05) is 0 Å². The molecular weight excluding hydrogens is 293 g/mol. The minimum absolute atomic E-state index is 0.0361. The molecule has 2 nitrogen and oxygen atoms in total. The van der Waals surface area contributed by atoms with Crippen molar-refractivity contribution in [1.82, 2.24) is 4.98 Å². The summed E-state index contributed by atoms with van der Waals surface area (Å²) < 4.78 is 70.6. The minimum atomic E-state index is -2.22. The molecule has 0 atom stereocenters. The number of rotatable bonds is 3. The van der Waals surface area contributed by atoms with Gasteiger partial charge in [-0.25, -0.2) is 26.9 Å². The van der Waals surface area contributed by atoms with E-state index >= 15 is 0 Å². The number of nitrogens with zero attached hydrogens (tertiary/aromatic N) is 1. The third kappa shape index (κ3) is 2.30. The average molecular weight is 298 g/mol. The van der Waals surface area contributed by atoms with Crippen molar-refractivity contribution in [1.29, 1.82) is 0 Å². The standard InChI is InChI=1S/C11H5ClF5NO/c12-2-1-5-18-3-4(19-5)6-7(13)9(15)11(17)10(16)8(6)14/h3H,1-2H2. The minimum Gasteiger partial charge on any atom is -0.440 e. The largest absolute Gasteiger partial charge is 0.440 e. The molecule has 0 amide bonds. The predicted octanol–water partition coefficient (Wildman–Crippen LogP) is 3.82. The molecule has 102 valence electrons. The second-order valence-corrected chi connectivity index (χ2v) is 3.88. The molecule has 1 aromatic heterocycles.